The Hall–Kier alpha value is -1.16. The van der Waals surface area contributed by atoms with Crippen LogP contribution in [0, 0.1) is 0 Å². The fourth-order valence-corrected chi connectivity index (χ4v) is 3.44. The van der Waals surface area contributed by atoms with Crippen molar-refractivity contribution in [3.63, 3.8) is 0 Å². The maximum Gasteiger partial charge on any atom is 0.360 e. The summed E-state index contributed by atoms with van der Waals surface area (Å²) >= 11 is 11.9. The van der Waals surface area contributed by atoms with Gasteiger partial charge in [-0.2, -0.15) is 0 Å². The van der Waals surface area contributed by atoms with Gasteiger partial charge in [-0.1, -0.05) is 35.3 Å². The standard InChI is InChI=1S/C15H13Cl2O4P/c1-20-22(19,21-2)12-5-3-4-10(8-12)15(18)13-9-11(16)6-7-14(13)17/h3-9H,1-2H3. The molecule has 0 radical (unpaired) electrons. The van der Waals surface area contributed by atoms with Crippen molar-refractivity contribution < 1.29 is 18.4 Å². The van der Waals surface area contributed by atoms with Crippen LogP contribution in [0.4, 0.5) is 0 Å². The molecule has 2 aromatic carbocycles. The van der Waals surface area contributed by atoms with Crippen LogP contribution >= 0.6 is 30.8 Å². The van der Waals surface area contributed by atoms with Gasteiger partial charge in [0.25, 0.3) is 0 Å². The smallest absolute Gasteiger partial charge is 0.309 e. The minimum Gasteiger partial charge on any atom is -0.309 e. The SMILES string of the molecule is COP(=O)(OC)c1cccc(C(=O)c2cc(Cl)ccc2Cl)c1. The molecule has 0 aliphatic rings. The number of hydrogen-bond donors (Lipinski definition) is 0. The lowest BCUT2D eigenvalue weighted by molar-refractivity contribution is 0.103. The van der Waals surface area contributed by atoms with Gasteiger partial charge in [0.15, 0.2) is 5.78 Å². The van der Waals surface area contributed by atoms with E-state index in [-0.39, 0.29) is 11.3 Å². The van der Waals surface area contributed by atoms with Crippen molar-refractivity contribution >= 4 is 41.9 Å². The van der Waals surface area contributed by atoms with Crippen molar-refractivity contribution in [1.29, 1.82) is 0 Å². The monoisotopic (exact) mass is 358 g/mol. The predicted molar refractivity (Wildman–Crippen MR) is 87.6 cm³/mol. The third-order valence-corrected chi connectivity index (χ3v) is 5.52. The molecule has 0 fully saturated rings. The molecule has 0 saturated heterocycles. The molecule has 0 heterocycles. The fraction of sp³-hybridized carbons (Fsp3) is 0.133. The molecular formula is C15H13Cl2O4P. The average Bonchev–Trinajstić information content (AvgIpc) is 2.55. The molecule has 116 valence electrons. The van der Waals surface area contributed by atoms with Gasteiger partial charge in [-0.3, -0.25) is 9.36 Å². The van der Waals surface area contributed by atoms with Crippen LogP contribution in [-0.4, -0.2) is 20.0 Å². The van der Waals surface area contributed by atoms with Crippen LogP contribution in [0.5, 0.6) is 0 Å². The van der Waals surface area contributed by atoms with Crippen LogP contribution in [-0.2, 0) is 13.6 Å². The minimum atomic E-state index is -3.42. The molecule has 0 N–H and O–H groups in total. The van der Waals surface area contributed by atoms with E-state index in [0.29, 0.717) is 20.9 Å². The van der Waals surface area contributed by atoms with Gasteiger partial charge in [0.1, 0.15) is 0 Å². The van der Waals surface area contributed by atoms with E-state index in [9.17, 15) is 9.36 Å². The Bertz CT molecular complexity index is 753. The Labute approximate surface area is 138 Å². The van der Waals surface area contributed by atoms with E-state index in [4.69, 9.17) is 32.2 Å². The lowest BCUT2D eigenvalue weighted by Crippen LogP contribution is -2.11. The van der Waals surface area contributed by atoms with E-state index in [1.165, 1.54) is 26.4 Å². The number of carbonyl (C=O) groups is 1. The highest BCUT2D eigenvalue weighted by Crippen LogP contribution is 2.45. The molecule has 0 unspecified atom stereocenters. The first-order valence-electron chi connectivity index (χ1n) is 6.23. The van der Waals surface area contributed by atoms with E-state index < -0.39 is 7.60 Å². The normalized spacial score (nSPS) is 11.5. The second-order valence-electron chi connectivity index (χ2n) is 4.37. The minimum absolute atomic E-state index is 0.274. The summed E-state index contributed by atoms with van der Waals surface area (Å²) < 4.78 is 22.2. The molecule has 2 rings (SSSR count). The molecular weight excluding hydrogens is 346 g/mol. The molecule has 2 aromatic rings. The summed E-state index contributed by atoms with van der Waals surface area (Å²) in [5, 5.41) is 0.992. The van der Waals surface area contributed by atoms with E-state index >= 15 is 0 Å². The lowest BCUT2D eigenvalue weighted by atomic mass is 10.0. The molecule has 0 saturated carbocycles. The van der Waals surface area contributed by atoms with Gasteiger partial charge in [-0.25, -0.2) is 0 Å². The summed E-state index contributed by atoms with van der Waals surface area (Å²) in [5.74, 6) is -0.326. The summed E-state index contributed by atoms with van der Waals surface area (Å²) in [7, 11) is -0.856. The first-order valence-corrected chi connectivity index (χ1v) is 8.53. The number of halogens is 2. The highest BCUT2D eigenvalue weighted by atomic mass is 35.5. The molecule has 0 aliphatic heterocycles. The van der Waals surface area contributed by atoms with Gasteiger partial charge in [-0.05, 0) is 30.3 Å². The number of rotatable bonds is 5. The van der Waals surface area contributed by atoms with Crippen LogP contribution < -0.4 is 5.30 Å². The van der Waals surface area contributed by atoms with Crippen molar-refractivity contribution in [2.75, 3.05) is 14.2 Å². The van der Waals surface area contributed by atoms with Crippen LogP contribution in [0.25, 0.3) is 0 Å². The van der Waals surface area contributed by atoms with Gasteiger partial charge in [0.05, 0.1) is 10.3 Å². The van der Waals surface area contributed by atoms with Crippen molar-refractivity contribution in [3.8, 4) is 0 Å². The Morgan fingerprint density at radius 2 is 1.73 bits per heavy atom. The number of hydrogen-bond acceptors (Lipinski definition) is 4. The Morgan fingerprint density at radius 3 is 2.36 bits per heavy atom. The number of benzene rings is 2. The number of ketones is 1. The second kappa shape index (κ2) is 6.95. The largest absolute Gasteiger partial charge is 0.360 e. The molecule has 0 amide bonds. The lowest BCUT2D eigenvalue weighted by Gasteiger charge is -2.14. The van der Waals surface area contributed by atoms with Gasteiger partial charge >= 0.3 is 7.60 Å². The first-order chi connectivity index (χ1) is 10.4. The third kappa shape index (κ3) is 3.43. The number of carbonyl (C=O) groups excluding carboxylic acids is 1. The second-order valence-corrected chi connectivity index (χ2v) is 7.45. The fourth-order valence-electron chi connectivity index (χ4n) is 1.93. The molecule has 0 atom stereocenters. The molecule has 7 heteroatoms. The van der Waals surface area contributed by atoms with Gasteiger partial charge in [0, 0.05) is 30.4 Å². The predicted octanol–water partition coefficient (Wildman–Crippen LogP) is 4.34. The van der Waals surface area contributed by atoms with Crippen molar-refractivity contribution in [1.82, 2.24) is 0 Å². The first kappa shape index (κ1) is 17.2. The van der Waals surface area contributed by atoms with Gasteiger partial charge in [-0.15, -0.1) is 0 Å². The molecule has 0 bridgehead atoms. The van der Waals surface area contributed by atoms with Gasteiger partial charge < -0.3 is 9.05 Å². The average molecular weight is 359 g/mol. The van der Waals surface area contributed by atoms with Crippen LogP contribution in [0.15, 0.2) is 42.5 Å². The van der Waals surface area contributed by atoms with Crippen LogP contribution in [0.3, 0.4) is 0 Å². The zero-order valence-corrected chi connectivity index (χ0v) is 14.3. The van der Waals surface area contributed by atoms with E-state index in [1.54, 1.807) is 30.3 Å². The highest BCUT2D eigenvalue weighted by molar-refractivity contribution is 7.62. The highest BCUT2D eigenvalue weighted by Gasteiger charge is 2.25. The van der Waals surface area contributed by atoms with Crippen LogP contribution in [0.1, 0.15) is 15.9 Å². The molecule has 0 aliphatic carbocycles. The molecule has 0 spiro atoms. The summed E-state index contributed by atoms with van der Waals surface area (Å²) in [4.78, 5) is 12.6. The topological polar surface area (TPSA) is 52.6 Å². The Kier molecular flexibility index (Phi) is 5.43. The summed E-state index contributed by atoms with van der Waals surface area (Å²) in [6.45, 7) is 0. The van der Waals surface area contributed by atoms with Crippen LogP contribution in [0.2, 0.25) is 10.0 Å². The van der Waals surface area contributed by atoms with E-state index in [0.717, 1.165) is 0 Å². The van der Waals surface area contributed by atoms with Gasteiger partial charge in [0.2, 0.25) is 0 Å². The zero-order chi connectivity index (χ0) is 16.3. The quantitative estimate of drug-likeness (QED) is 0.589. The van der Waals surface area contributed by atoms with Crippen molar-refractivity contribution in [2.24, 2.45) is 0 Å². The van der Waals surface area contributed by atoms with E-state index in [2.05, 4.69) is 0 Å². The molecule has 0 aromatic heterocycles. The summed E-state index contributed by atoms with van der Waals surface area (Å²) in [6, 6.07) is 10.9. The van der Waals surface area contributed by atoms with Crippen molar-refractivity contribution in [3.05, 3.63) is 63.6 Å². The summed E-state index contributed by atoms with van der Waals surface area (Å²) in [6.07, 6.45) is 0. The molecule has 4 nitrogen and oxygen atoms in total. The zero-order valence-electron chi connectivity index (χ0n) is 11.9. The van der Waals surface area contributed by atoms with Crippen molar-refractivity contribution in [2.45, 2.75) is 0 Å². The van der Waals surface area contributed by atoms with E-state index in [1.807, 2.05) is 0 Å². The maximum absolute atomic E-state index is 12.6. The maximum atomic E-state index is 12.6. The third-order valence-electron chi connectivity index (χ3n) is 3.08. The molecule has 22 heavy (non-hydrogen) atoms. The Morgan fingerprint density at radius 1 is 1.05 bits per heavy atom. The Balaban J connectivity index is 2.48. The summed E-state index contributed by atoms with van der Waals surface area (Å²) in [5.41, 5.74) is 0.590.